The second-order valence-corrected chi connectivity index (χ2v) is 6.40. The van der Waals surface area contributed by atoms with Crippen LogP contribution in [-0.4, -0.2) is 9.97 Å². The van der Waals surface area contributed by atoms with Gasteiger partial charge in [-0.25, -0.2) is 4.98 Å². The summed E-state index contributed by atoms with van der Waals surface area (Å²) in [6.07, 6.45) is 0. The van der Waals surface area contributed by atoms with Crippen LogP contribution in [0.15, 0.2) is 35.7 Å². The third-order valence-corrected chi connectivity index (χ3v) is 5.11. The molecule has 0 spiro atoms. The normalized spacial score (nSPS) is 11.6. The number of fused-ring (bicyclic) bond motifs is 2. The fourth-order valence-corrected chi connectivity index (χ4v) is 4.18. The van der Waals surface area contributed by atoms with Crippen molar-refractivity contribution in [3.05, 3.63) is 41.3 Å². The maximum atomic E-state index is 4.66. The van der Waals surface area contributed by atoms with Crippen LogP contribution in [0.2, 0.25) is 0 Å². The minimum Gasteiger partial charge on any atom is -0.337 e. The highest BCUT2D eigenvalue weighted by Gasteiger charge is 2.09. The second-order valence-electron chi connectivity index (χ2n) is 4.37. The lowest BCUT2D eigenvalue weighted by atomic mass is 10.2. The largest absolute Gasteiger partial charge is 0.337 e. The summed E-state index contributed by atoms with van der Waals surface area (Å²) in [5, 5.41) is 2.13. The van der Waals surface area contributed by atoms with Crippen LogP contribution in [0.25, 0.3) is 31.1 Å². The molecule has 4 rings (SSSR count). The number of aromatic amines is 1. The Morgan fingerprint density at radius 3 is 2.94 bits per heavy atom. The average Bonchev–Trinajstić information content (AvgIpc) is 2.99. The molecule has 0 saturated heterocycles. The number of nitrogens with one attached hydrogen (secondary N) is 1. The van der Waals surface area contributed by atoms with Crippen molar-refractivity contribution < 1.29 is 0 Å². The zero-order chi connectivity index (χ0) is 12.1. The molecule has 0 aliphatic rings. The van der Waals surface area contributed by atoms with Gasteiger partial charge in [0.1, 0.15) is 5.82 Å². The Morgan fingerprint density at radius 2 is 2.06 bits per heavy atom. The first-order valence-corrected chi connectivity index (χ1v) is 7.43. The lowest BCUT2D eigenvalue weighted by Gasteiger charge is -1.89. The fourth-order valence-electron chi connectivity index (χ4n) is 2.12. The monoisotopic (exact) mass is 270 g/mol. The Morgan fingerprint density at radius 1 is 1.11 bits per heavy atom. The van der Waals surface area contributed by atoms with E-state index in [9.17, 15) is 0 Å². The molecule has 0 aliphatic carbocycles. The van der Waals surface area contributed by atoms with Gasteiger partial charge in [-0.05, 0) is 42.1 Å². The summed E-state index contributed by atoms with van der Waals surface area (Å²) in [5.41, 5.74) is 3.40. The molecular weight excluding hydrogens is 260 g/mol. The average molecular weight is 270 g/mol. The molecular formula is C14H10N2S2. The van der Waals surface area contributed by atoms with E-state index < -0.39 is 0 Å². The molecule has 0 atom stereocenters. The number of benzene rings is 1. The van der Waals surface area contributed by atoms with E-state index in [4.69, 9.17) is 0 Å². The summed E-state index contributed by atoms with van der Waals surface area (Å²) in [4.78, 5) is 9.28. The van der Waals surface area contributed by atoms with Gasteiger partial charge in [-0.1, -0.05) is 6.07 Å². The fraction of sp³-hybridized carbons (Fsp3) is 0.0714. The van der Waals surface area contributed by atoms with Gasteiger partial charge in [-0.3, -0.25) is 0 Å². The van der Waals surface area contributed by atoms with Gasteiger partial charge < -0.3 is 4.98 Å². The summed E-state index contributed by atoms with van der Waals surface area (Å²) in [5.74, 6) is 0.976. The number of aryl methyl sites for hydroxylation is 1. The van der Waals surface area contributed by atoms with E-state index in [1.807, 2.05) is 0 Å². The van der Waals surface area contributed by atoms with E-state index in [2.05, 4.69) is 52.6 Å². The number of rotatable bonds is 1. The summed E-state index contributed by atoms with van der Waals surface area (Å²) >= 11 is 3.57. The quantitative estimate of drug-likeness (QED) is 0.528. The van der Waals surface area contributed by atoms with Crippen LogP contribution in [0.5, 0.6) is 0 Å². The number of aromatic nitrogens is 2. The molecule has 4 aromatic rings. The molecule has 0 unspecified atom stereocenters. The SMILES string of the molecule is Cc1ccc2nc(-c3cc4sccc4s3)[nH]c2c1. The minimum atomic E-state index is 0.976. The molecule has 4 heteroatoms. The van der Waals surface area contributed by atoms with Crippen LogP contribution in [0.1, 0.15) is 5.56 Å². The highest BCUT2D eigenvalue weighted by Crippen LogP contribution is 2.35. The van der Waals surface area contributed by atoms with Crippen LogP contribution >= 0.6 is 22.7 Å². The van der Waals surface area contributed by atoms with Gasteiger partial charge in [0.05, 0.1) is 15.9 Å². The van der Waals surface area contributed by atoms with Crippen molar-refractivity contribution in [3.63, 3.8) is 0 Å². The summed E-state index contributed by atoms with van der Waals surface area (Å²) in [6, 6.07) is 10.7. The number of hydrogen-bond acceptors (Lipinski definition) is 3. The van der Waals surface area contributed by atoms with Crippen molar-refractivity contribution >= 4 is 43.1 Å². The highest BCUT2D eigenvalue weighted by molar-refractivity contribution is 7.28. The van der Waals surface area contributed by atoms with Crippen molar-refractivity contribution in [2.45, 2.75) is 6.92 Å². The van der Waals surface area contributed by atoms with Crippen LogP contribution in [0, 0.1) is 6.92 Å². The van der Waals surface area contributed by atoms with E-state index in [0.717, 1.165) is 16.9 Å². The molecule has 3 aromatic heterocycles. The Bertz CT molecular complexity index is 822. The molecule has 2 nitrogen and oxygen atoms in total. The molecule has 0 saturated carbocycles. The first-order chi connectivity index (χ1) is 8.79. The van der Waals surface area contributed by atoms with Crippen LogP contribution in [0.3, 0.4) is 0 Å². The predicted octanol–water partition coefficient (Wildman–Crippen LogP) is 4.81. The summed E-state index contributed by atoms with van der Waals surface area (Å²) < 4.78 is 2.68. The Balaban J connectivity index is 1.93. The van der Waals surface area contributed by atoms with E-state index in [1.54, 1.807) is 22.7 Å². The topological polar surface area (TPSA) is 28.7 Å². The second kappa shape index (κ2) is 3.67. The first kappa shape index (κ1) is 10.3. The molecule has 3 heterocycles. The van der Waals surface area contributed by atoms with E-state index in [0.29, 0.717) is 0 Å². The summed E-state index contributed by atoms with van der Waals surface area (Å²) in [7, 11) is 0. The molecule has 0 amide bonds. The van der Waals surface area contributed by atoms with Crippen molar-refractivity contribution in [2.24, 2.45) is 0 Å². The maximum Gasteiger partial charge on any atom is 0.148 e. The van der Waals surface area contributed by atoms with Gasteiger partial charge >= 0.3 is 0 Å². The van der Waals surface area contributed by atoms with Crippen LogP contribution in [-0.2, 0) is 0 Å². The molecule has 0 bridgehead atoms. The molecule has 1 aromatic carbocycles. The maximum absolute atomic E-state index is 4.66. The van der Waals surface area contributed by atoms with Gasteiger partial charge in [-0.15, -0.1) is 22.7 Å². The predicted molar refractivity (Wildman–Crippen MR) is 79.5 cm³/mol. The zero-order valence-electron chi connectivity index (χ0n) is 9.73. The first-order valence-electron chi connectivity index (χ1n) is 5.73. The van der Waals surface area contributed by atoms with Gasteiger partial charge in [0.2, 0.25) is 0 Å². The molecule has 18 heavy (non-hydrogen) atoms. The molecule has 1 N–H and O–H groups in total. The number of thiophene rings is 2. The zero-order valence-corrected chi connectivity index (χ0v) is 11.4. The van der Waals surface area contributed by atoms with Crippen molar-refractivity contribution in [2.75, 3.05) is 0 Å². The molecule has 88 valence electrons. The Kier molecular flexibility index (Phi) is 2.10. The van der Waals surface area contributed by atoms with Gasteiger partial charge in [0.25, 0.3) is 0 Å². The third-order valence-electron chi connectivity index (χ3n) is 3.01. The van der Waals surface area contributed by atoms with Crippen molar-refractivity contribution in [3.8, 4) is 10.7 Å². The number of hydrogen-bond donors (Lipinski definition) is 1. The highest BCUT2D eigenvalue weighted by atomic mass is 32.1. The number of nitrogens with zero attached hydrogens (tertiary/aromatic N) is 1. The van der Waals surface area contributed by atoms with E-state index in [1.165, 1.54) is 19.8 Å². The van der Waals surface area contributed by atoms with E-state index >= 15 is 0 Å². The molecule has 0 fully saturated rings. The summed E-state index contributed by atoms with van der Waals surface area (Å²) in [6.45, 7) is 2.10. The third kappa shape index (κ3) is 1.50. The standard InChI is InChI=1S/C14H10N2S2/c1-8-2-3-9-10(6-8)16-14(15-9)13-7-12-11(18-13)4-5-17-12/h2-7H,1H3,(H,15,16). The van der Waals surface area contributed by atoms with Crippen molar-refractivity contribution in [1.82, 2.24) is 9.97 Å². The number of H-pyrrole nitrogens is 1. The lowest BCUT2D eigenvalue weighted by molar-refractivity contribution is 1.36. The van der Waals surface area contributed by atoms with Gasteiger partial charge in [-0.2, -0.15) is 0 Å². The van der Waals surface area contributed by atoms with Gasteiger partial charge in [0, 0.05) is 9.40 Å². The smallest absolute Gasteiger partial charge is 0.148 e. The molecule has 0 aliphatic heterocycles. The lowest BCUT2D eigenvalue weighted by Crippen LogP contribution is -1.72. The minimum absolute atomic E-state index is 0.976. The molecule has 0 radical (unpaired) electrons. The Hall–Kier alpha value is -1.65. The van der Waals surface area contributed by atoms with Crippen LogP contribution < -0.4 is 0 Å². The number of imidazole rings is 1. The van der Waals surface area contributed by atoms with Crippen molar-refractivity contribution in [1.29, 1.82) is 0 Å². The van der Waals surface area contributed by atoms with Crippen LogP contribution in [0.4, 0.5) is 0 Å². The van der Waals surface area contributed by atoms with Gasteiger partial charge in [0.15, 0.2) is 0 Å². The van der Waals surface area contributed by atoms with E-state index in [-0.39, 0.29) is 0 Å². The Labute approximate surface area is 112 Å².